The minimum atomic E-state index is -0.0553. The number of likely N-dealkylation sites (tertiary alicyclic amines) is 1. The van der Waals surface area contributed by atoms with E-state index in [9.17, 15) is 4.79 Å². The number of hydrogen-bond donors (Lipinski definition) is 1. The van der Waals surface area contributed by atoms with Gasteiger partial charge in [-0.25, -0.2) is 0 Å². The maximum absolute atomic E-state index is 12.4. The van der Waals surface area contributed by atoms with E-state index in [4.69, 9.17) is 13.9 Å². The number of benzene rings is 1. The van der Waals surface area contributed by atoms with Crippen LogP contribution in [0.2, 0.25) is 0 Å². The summed E-state index contributed by atoms with van der Waals surface area (Å²) in [6.07, 6.45) is 2.19. The van der Waals surface area contributed by atoms with Crippen molar-refractivity contribution < 1.29 is 18.7 Å². The van der Waals surface area contributed by atoms with E-state index in [0.717, 1.165) is 44.0 Å². The van der Waals surface area contributed by atoms with Crippen molar-refractivity contribution in [3.8, 4) is 11.5 Å². The lowest BCUT2D eigenvalue weighted by Gasteiger charge is -2.31. The first-order valence-electron chi connectivity index (χ1n) is 9.54. The van der Waals surface area contributed by atoms with Crippen molar-refractivity contribution in [3.05, 3.63) is 46.9 Å². The predicted molar refractivity (Wildman–Crippen MR) is 101 cm³/mol. The second-order valence-corrected chi connectivity index (χ2v) is 7.44. The molecule has 1 fully saturated rings. The van der Waals surface area contributed by atoms with Crippen molar-refractivity contribution in [2.75, 3.05) is 26.4 Å². The molecule has 2 aliphatic rings. The summed E-state index contributed by atoms with van der Waals surface area (Å²) in [6, 6.07) is 7.44. The van der Waals surface area contributed by atoms with Crippen LogP contribution in [0.1, 0.15) is 40.3 Å². The van der Waals surface area contributed by atoms with Gasteiger partial charge in [0.1, 0.15) is 11.5 Å². The Bertz CT molecular complexity index is 822. The van der Waals surface area contributed by atoms with Crippen LogP contribution >= 0.6 is 0 Å². The summed E-state index contributed by atoms with van der Waals surface area (Å²) in [5.74, 6) is 3.79. The Hall–Kier alpha value is -2.47. The topological polar surface area (TPSA) is 63.9 Å². The van der Waals surface area contributed by atoms with Crippen LogP contribution in [-0.4, -0.2) is 37.2 Å². The van der Waals surface area contributed by atoms with Gasteiger partial charge in [-0.05, 0) is 70.0 Å². The highest BCUT2D eigenvalue weighted by Gasteiger charge is 2.22. The summed E-state index contributed by atoms with van der Waals surface area (Å²) in [5, 5.41) is 3.07. The molecule has 4 rings (SSSR count). The summed E-state index contributed by atoms with van der Waals surface area (Å²) < 4.78 is 16.2. The molecule has 6 nitrogen and oxygen atoms in total. The number of piperidine rings is 1. The van der Waals surface area contributed by atoms with Crippen LogP contribution in [0.15, 0.2) is 28.7 Å². The van der Waals surface area contributed by atoms with Gasteiger partial charge < -0.3 is 19.2 Å². The summed E-state index contributed by atoms with van der Waals surface area (Å²) in [5.41, 5.74) is 1.89. The Morgan fingerprint density at radius 1 is 1.15 bits per heavy atom. The fraction of sp³-hybridized carbons (Fsp3) is 0.476. The van der Waals surface area contributed by atoms with Gasteiger partial charge in [-0.2, -0.15) is 0 Å². The molecule has 0 spiro atoms. The Morgan fingerprint density at radius 3 is 2.67 bits per heavy atom. The van der Waals surface area contributed by atoms with Gasteiger partial charge in [0.05, 0.1) is 0 Å². The van der Waals surface area contributed by atoms with E-state index in [1.54, 1.807) is 18.2 Å². The van der Waals surface area contributed by atoms with E-state index in [2.05, 4.69) is 16.3 Å². The van der Waals surface area contributed by atoms with Crippen molar-refractivity contribution in [2.24, 2.45) is 5.92 Å². The molecule has 1 saturated heterocycles. The molecule has 6 heteroatoms. The first kappa shape index (κ1) is 17.9. The Balaban J connectivity index is 1.23. The lowest BCUT2D eigenvalue weighted by Crippen LogP contribution is -2.38. The molecule has 0 unspecified atom stereocenters. The van der Waals surface area contributed by atoms with Gasteiger partial charge >= 0.3 is 0 Å². The Morgan fingerprint density at radius 2 is 1.93 bits per heavy atom. The zero-order chi connectivity index (χ0) is 18.8. The van der Waals surface area contributed by atoms with E-state index < -0.39 is 0 Å². The first-order chi connectivity index (χ1) is 13.1. The van der Waals surface area contributed by atoms with Gasteiger partial charge in [-0.15, -0.1) is 0 Å². The van der Waals surface area contributed by atoms with Gasteiger partial charge in [0.15, 0.2) is 11.5 Å². The van der Waals surface area contributed by atoms with Crippen LogP contribution < -0.4 is 14.8 Å². The van der Waals surface area contributed by atoms with Crippen molar-refractivity contribution in [3.63, 3.8) is 0 Å². The van der Waals surface area contributed by atoms with Gasteiger partial charge in [-0.3, -0.25) is 9.69 Å². The van der Waals surface area contributed by atoms with Gasteiger partial charge in [0, 0.05) is 24.2 Å². The van der Waals surface area contributed by atoms with E-state index in [-0.39, 0.29) is 12.7 Å². The number of aryl methyl sites for hydroxylation is 2. The lowest BCUT2D eigenvalue weighted by atomic mass is 9.96. The number of nitrogens with one attached hydrogen (secondary N) is 1. The number of furan rings is 1. The van der Waals surface area contributed by atoms with E-state index >= 15 is 0 Å². The van der Waals surface area contributed by atoms with Gasteiger partial charge in [-0.1, -0.05) is 0 Å². The maximum atomic E-state index is 12.4. The van der Waals surface area contributed by atoms with Crippen molar-refractivity contribution in [2.45, 2.75) is 33.2 Å². The van der Waals surface area contributed by atoms with Crippen LogP contribution in [0, 0.1) is 19.8 Å². The van der Waals surface area contributed by atoms with E-state index in [1.165, 1.54) is 5.56 Å². The normalized spacial score (nSPS) is 17.3. The largest absolute Gasteiger partial charge is 0.466 e. The number of rotatable bonds is 5. The highest BCUT2D eigenvalue weighted by Crippen LogP contribution is 2.32. The fourth-order valence-electron chi connectivity index (χ4n) is 3.81. The fourth-order valence-corrected chi connectivity index (χ4v) is 3.81. The number of carbonyl (C=O) groups is 1. The van der Waals surface area contributed by atoms with Crippen LogP contribution in [0.4, 0.5) is 0 Å². The third kappa shape index (κ3) is 4.11. The van der Waals surface area contributed by atoms with Crippen molar-refractivity contribution >= 4 is 5.91 Å². The average Bonchev–Trinajstić information content (AvgIpc) is 3.26. The zero-order valence-corrected chi connectivity index (χ0v) is 15.9. The number of carbonyl (C=O) groups excluding carboxylic acids is 1. The van der Waals surface area contributed by atoms with Gasteiger partial charge in [0.25, 0.3) is 5.91 Å². The highest BCUT2D eigenvalue weighted by molar-refractivity contribution is 5.94. The van der Waals surface area contributed by atoms with Crippen LogP contribution in [-0.2, 0) is 6.54 Å². The third-order valence-corrected chi connectivity index (χ3v) is 5.43. The molecule has 144 valence electrons. The highest BCUT2D eigenvalue weighted by atomic mass is 16.7. The van der Waals surface area contributed by atoms with Crippen LogP contribution in [0.3, 0.4) is 0 Å². The summed E-state index contributed by atoms with van der Waals surface area (Å²) in [6.45, 7) is 8.00. The molecular weight excluding hydrogens is 344 g/mol. The molecule has 0 radical (unpaired) electrons. The molecule has 0 saturated carbocycles. The molecule has 0 aliphatic carbocycles. The predicted octanol–water partition coefficient (Wildman–Crippen LogP) is 3.27. The number of fused-ring (bicyclic) bond motifs is 1. The molecule has 1 N–H and O–H groups in total. The Kier molecular flexibility index (Phi) is 5.07. The second kappa shape index (κ2) is 7.64. The third-order valence-electron chi connectivity index (χ3n) is 5.43. The number of hydrogen-bond acceptors (Lipinski definition) is 5. The van der Waals surface area contributed by atoms with Crippen molar-refractivity contribution in [1.82, 2.24) is 10.2 Å². The molecule has 1 aromatic carbocycles. The molecule has 0 bridgehead atoms. The molecular formula is C21H26N2O4. The number of ether oxygens (including phenoxy) is 2. The smallest absolute Gasteiger partial charge is 0.251 e. The molecule has 0 atom stereocenters. The van der Waals surface area contributed by atoms with Gasteiger partial charge in [0.2, 0.25) is 6.79 Å². The standard InChI is InChI=1S/C21H26N2O4/c1-14-9-18(15(2)27-14)12-23-7-5-16(6-8-23)11-22-21(24)17-3-4-19-20(10-17)26-13-25-19/h3-4,9-10,16H,5-8,11-13H2,1-2H3,(H,22,24). The average molecular weight is 370 g/mol. The quantitative estimate of drug-likeness (QED) is 0.875. The second-order valence-electron chi connectivity index (χ2n) is 7.44. The molecule has 27 heavy (non-hydrogen) atoms. The monoisotopic (exact) mass is 370 g/mol. The van der Waals surface area contributed by atoms with E-state index in [1.807, 2.05) is 13.8 Å². The summed E-state index contributed by atoms with van der Waals surface area (Å²) in [4.78, 5) is 14.9. The van der Waals surface area contributed by atoms with Crippen LogP contribution in [0.25, 0.3) is 0 Å². The zero-order valence-electron chi connectivity index (χ0n) is 15.9. The minimum Gasteiger partial charge on any atom is -0.466 e. The molecule has 1 aromatic heterocycles. The number of amides is 1. The summed E-state index contributed by atoms with van der Waals surface area (Å²) >= 11 is 0. The van der Waals surface area contributed by atoms with Crippen molar-refractivity contribution in [1.29, 1.82) is 0 Å². The summed E-state index contributed by atoms with van der Waals surface area (Å²) in [7, 11) is 0. The molecule has 3 heterocycles. The molecule has 2 aliphatic heterocycles. The van der Waals surface area contributed by atoms with Crippen LogP contribution in [0.5, 0.6) is 11.5 Å². The minimum absolute atomic E-state index is 0.0553. The number of nitrogens with zero attached hydrogens (tertiary/aromatic N) is 1. The first-order valence-corrected chi connectivity index (χ1v) is 9.54. The lowest BCUT2D eigenvalue weighted by molar-refractivity contribution is 0.0934. The van der Waals surface area contributed by atoms with E-state index in [0.29, 0.717) is 29.5 Å². The SMILES string of the molecule is Cc1cc(CN2CCC(CNC(=O)c3ccc4c(c3)OCO4)CC2)c(C)o1. The maximum Gasteiger partial charge on any atom is 0.251 e. The molecule has 2 aromatic rings. The molecule has 1 amide bonds. The Labute approximate surface area is 159 Å².